The van der Waals surface area contributed by atoms with Crippen LogP contribution in [-0.4, -0.2) is 23.6 Å². The van der Waals surface area contributed by atoms with Gasteiger partial charge in [-0.15, -0.1) is 0 Å². The summed E-state index contributed by atoms with van der Waals surface area (Å²) in [6.07, 6.45) is 1.36. The van der Waals surface area contributed by atoms with Crippen LogP contribution in [0.5, 0.6) is 0 Å². The van der Waals surface area contributed by atoms with E-state index in [2.05, 4.69) is 10.6 Å². The van der Waals surface area contributed by atoms with Gasteiger partial charge < -0.3 is 10.6 Å². The van der Waals surface area contributed by atoms with Gasteiger partial charge >= 0.3 is 0 Å². The van der Waals surface area contributed by atoms with Crippen LogP contribution in [0.1, 0.15) is 19.8 Å². The average molecular weight is 271 g/mol. The molecule has 0 aromatic heterocycles. The molecule has 0 radical (unpaired) electrons. The summed E-state index contributed by atoms with van der Waals surface area (Å²) < 4.78 is 27.0. The van der Waals surface area contributed by atoms with E-state index in [1.165, 1.54) is 0 Å². The van der Waals surface area contributed by atoms with Crippen molar-refractivity contribution >= 4 is 11.4 Å². The Morgan fingerprint density at radius 2 is 2.00 bits per heavy atom. The van der Waals surface area contributed by atoms with E-state index >= 15 is 0 Å². The van der Waals surface area contributed by atoms with E-state index in [0.717, 1.165) is 25.2 Å². The maximum Gasteiger partial charge on any atom is 0.295 e. The molecule has 0 amide bonds. The third kappa shape index (κ3) is 2.81. The van der Waals surface area contributed by atoms with Crippen molar-refractivity contribution in [2.75, 3.05) is 18.4 Å². The highest BCUT2D eigenvalue weighted by Crippen LogP contribution is 2.33. The Balaban J connectivity index is 2.37. The molecule has 1 aromatic rings. The Morgan fingerprint density at radius 1 is 1.37 bits per heavy atom. The second-order valence-corrected chi connectivity index (χ2v) is 4.95. The van der Waals surface area contributed by atoms with Gasteiger partial charge in [0.15, 0.2) is 17.3 Å². The summed E-state index contributed by atoms with van der Waals surface area (Å²) in [5.41, 5.74) is -1.29. The maximum absolute atomic E-state index is 13.8. The lowest BCUT2D eigenvalue weighted by Gasteiger charge is -2.35. The molecule has 2 rings (SSSR count). The number of nitro groups is 1. The molecule has 19 heavy (non-hydrogen) atoms. The monoisotopic (exact) mass is 271 g/mol. The average Bonchev–Trinajstić information content (AvgIpc) is 2.35. The quantitative estimate of drug-likeness (QED) is 0.654. The van der Waals surface area contributed by atoms with Crippen molar-refractivity contribution in [2.24, 2.45) is 0 Å². The first-order valence-electron chi connectivity index (χ1n) is 6.04. The summed E-state index contributed by atoms with van der Waals surface area (Å²) in [7, 11) is 0. The number of nitro benzene ring substituents is 1. The van der Waals surface area contributed by atoms with E-state index in [1.807, 2.05) is 6.92 Å². The van der Waals surface area contributed by atoms with Crippen molar-refractivity contribution in [1.82, 2.24) is 5.32 Å². The minimum atomic E-state index is -1.20. The molecular formula is C12H15F2N3O2. The van der Waals surface area contributed by atoms with E-state index in [9.17, 15) is 18.9 Å². The molecule has 2 N–H and O–H groups in total. The SMILES string of the molecule is CC1(Nc2c([N+](=O)[O-])ccc(F)c2F)CCNCC1. The number of anilines is 1. The van der Waals surface area contributed by atoms with Gasteiger partial charge in [0.25, 0.3) is 5.69 Å². The summed E-state index contributed by atoms with van der Waals surface area (Å²) in [5, 5.41) is 16.9. The van der Waals surface area contributed by atoms with Gasteiger partial charge in [-0.3, -0.25) is 10.1 Å². The third-order valence-corrected chi connectivity index (χ3v) is 3.40. The van der Waals surface area contributed by atoms with Crippen LogP contribution >= 0.6 is 0 Å². The van der Waals surface area contributed by atoms with Gasteiger partial charge in [0.1, 0.15) is 0 Å². The van der Waals surface area contributed by atoms with Gasteiger partial charge in [0.2, 0.25) is 0 Å². The number of piperidine rings is 1. The number of hydrogen-bond donors (Lipinski definition) is 2. The minimum Gasteiger partial charge on any atom is -0.372 e. The first-order valence-corrected chi connectivity index (χ1v) is 6.04. The molecule has 0 unspecified atom stereocenters. The zero-order valence-electron chi connectivity index (χ0n) is 10.5. The van der Waals surface area contributed by atoms with Gasteiger partial charge in [-0.2, -0.15) is 0 Å². The number of rotatable bonds is 3. The molecule has 104 valence electrons. The molecule has 1 aliphatic rings. The number of halogens is 2. The van der Waals surface area contributed by atoms with Crippen LogP contribution in [0, 0.1) is 21.7 Å². The fourth-order valence-corrected chi connectivity index (χ4v) is 2.22. The Kier molecular flexibility index (Phi) is 3.66. The van der Waals surface area contributed by atoms with Crippen molar-refractivity contribution in [3.05, 3.63) is 33.9 Å². The van der Waals surface area contributed by atoms with Crippen LogP contribution < -0.4 is 10.6 Å². The summed E-state index contributed by atoms with van der Waals surface area (Å²) in [5.74, 6) is -2.29. The van der Waals surface area contributed by atoms with Crippen LogP contribution in [0.2, 0.25) is 0 Å². The molecule has 0 spiro atoms. The Morgan fingerprint density at radius 3 is 2.58 bits per heavy atom. The number of benzene rings is 1. The Hall–Kier alpha value is -1.76. The van der Waals surface area contributed by atoms with Crippen molar-refractivity contribution < 1.29 is 13.7 Å². The summed E-state index contributed by atoms with van der Waals surface area (Å²) in [6.45, 7) is 3.31. The highest BCUT2D eigenvalue weighted by atomic mass is 19.2. The van der Waals surface area contributed by atoms with Crippen molar-refractivity contribution in [3.8, 4) is 0 Å². The zero-order chi connectivity index (χ0) is 14.0. The third-order valence-electron chi connectivity index (χ3n) is 3.40. The van der Waals surface area contributed by atoms with Crippen LogP contribution in [0.15, 0.2) is 12.1 Å². The molecule has 7 heteroatoms. The fraction of sp³-hybridized carbons (Fsp3) is 0.500. The largest absolute Gasteiger partial charge is 0.372 e. The fourth-order valence-electron chi connectivity index (χ4n) is 2.22. The normalized spacial score (nSPS) is 18.1. The first kappa shape index (κ1) is 13.7. The predicted octanol–water partition coefficient (Wildman–Crippen LogP) is 2.43. The van der Waals surface area contributed by atoms with Gasteiger partial charge in [-0.1, -0.05) is 0 Å². The highest BCUT2D eigenvalue weighted by Gasteiger charge is 2.31. The van der Waals surface area contributed by atoms with E-state index in [0.29, 0.717) is 12.8 Å². The van der Waals surface area contributed by atoms with E-state index in [4.69, 9.17) is 0 Å². The lowest BCUT2D eigenvalue weighted by atomic mass is 9.90. The minimum absolute atomic E-state index is 0.366. The van der Waals surface area contributed by atoms with Crippen LogP contribution in [0.25, 0.3) is 0 Å². The van der Waals surface area contributed by atoms with Crippen LogP contribution in [-0.2, 0) is 0 Å². The highest BCUT2D eigenvalue weighted by molar-refractivity contribution is 5.63. The second kappa shape index (κ2) is 5.08. The van der Waals surface area contributed by atoms with Crippen molar-refractivity contribution in [2.45, 2.75) is 25.3 Å². The van der Waals surface area contributed by atoms with Gasteiger partial charge in [0, 0.05) is 11.6 Å². The smallest absolute Gasteiger partial charge is 0.295 e. The standard InChI is InChI=1S/C12H15F2N3O2/c1-12(4-6-15-7-5-12)16-11-9(17(18)19)3-2-8(13)10(11)14/h2-3,15-16H,4-7H2,1H3. The molecule has 1 aromatic carbocycles. The molecule has 1 fully saturated rings. The number of hydrogen-bond acceptors (Lipinski definition) is 4. The van der Waals surface area contributed by atoms with Gasteiger partial charge in [-0.25, -0.2) is 8.78 Å². The van der Waals surface area contributed by atoms with Crippen molar-refractivity contribution in [1.29, 1.82) is 0 Å². The van der Waals surface area contributed by atoms with E-state index < -0.39 is 27.8 Å². The van der Waals surface area contributed by atoms with Gasteiger partial charge in [-0.05, 0) is 38.9 Å². The predicted molar refractivity (Wildman–Crippen MR) is 67.1 cm³/mol. The Labute approximate surface area is 109 Å². The Bertz CT molecular complexity index is 502. The zero-order valence-corrected chi connectivity index (χ0v) is 10.5. The summed E-state index contributed by atoms with van der Waals surface area (Å²) >= 11 is 0. The summed E-state index contributed by atoms with van der Waals surface area (Å²) in [4.78, 5) is 10.2. The molecule has 0 aliphatic carbocycles. The molecule has 1 heterocycles. The molecule has 1 aliphatic heterocycles. The van der Waals surface area contributed by atoms with Gasteiger partial charge in [0.05, 0.1) is 4.92 Å². The number of nitrogens with zero attached hydrogens (tertiary/aromatic N) is 1. The van der Waals surface area contributed by atoms with Crippen LogP contribution in [0.3, 0.4) is 0 Å². The second-order valence-electron chi connectivity index (χ2n) is 4.95. The molecule has 0 saturated carbocycles. The van der Waals surface area contributed by atoms with E-state index in [-0.39, 0.29) is 5.69 Å². The van der Waals surface area contributed by atoms with E-state index in [1.54, 1.807) is 0 Å². The molecule has 0 atom stereocenters. The van der Waals surface area contributed by atoms with Crippen LogP contribution in [0.4, 0.5) is 20.2 Å². The summed E-state index contributed by atoms with van der Waals surface area (Å²) in [6, 6.07) is 1.74. The molecule has 5 nitrogen and oxygen atoms in total. The lowest BCUT2D eigenvalue weighted by Crippen LogP contribution is -2.45. The maximum atomic E-state index is 13.8. The molecular weight excluding hydrogens is 256 g/mol. The lowest BCUT2D eigenvalue weighted by molar-refractivity contribution is -0.384. The number of nitrogens with one attached hydrogen (secondary N) is 2. The molecule has 1 saturated heterocycles. The topological polar surface area (TPSA) is 67.2 Å². The first-order chi connectivity index (χ1) is 8.93. The van der Waals surface area contributed by atoms with Crippen molar-refractivity contribution in [3.63, 3.8) is 0 Å². The molecule has 0 bridgehead atoms.